The van der Waals surface area contributed by atoms with Gasteiger partial charge < -0.3 is 0 Å². The smallest absolute Gasteiger partial charge is 0.255 e. The van der Waals surface area contributed by atoms with E-state index in [1.54, 1.807) is 0 Å². The maximum absolute atomic E-state index is 11.4. The van der Waals surface area contributed by atoms with Crippen molar-refractivity contribution in [3.8, 4) is 0 Å². The average Bonchev–Trinajstić information content (AvgIpc) is 1.60. The van der Waals surface area contributed by atoms with Gasteiger partial charge in [0.2, 0.25) is 0 Å². The highest BCUT2D eigenvalue weighted by Crippen LogP contribution is 2.19. The summed E-state index contributed by atoms with van der Waals surface area (Å²) in [5.74, 6) is 0. The molecule has 0 aromatic carbocycles. The molecular weight excluding hydrogens is 163 g/mol. The van der Waals surface area contributed by atoms with Gasteiger partial charge in [-0.25, -0.2) is 9.13 Å². The number of carbonyl (C=O) groups is 1. The third-order valence-electron chi connectivity index (χ3n) is 0.416. The predicted molar refractivity (Wildman–Crippen MR) is 18.2 cm³/mol. The minimum atomic E-state index is -5.33. The Kier molecular flexibility index (Phi) is 2.70. The number of ether oxygens (including phenoxy) is 1. The summed E-state index contributed by atoms with van der Waals surface area (Å²) in [5, 5.41) is 0. The molecule has 1 atom stereocenters. The Labute approximate surface area is 51.6 Å². The monoisotopic (exact) mass is 164 g/mol. The molecule has 0 aromatic heterocycles. The number of rotatable bonds is 2. The Balaban J connectivity index is 3.80. The minimum Gasteiger partial charge on any atom is -0.255 e. The maximum Gasteiger partial charge on any atom is 0.525 e. The molecule has 0 aliphatic heterocycles. The standard InChI is InChI=1S/C3HF5O2/c4-1(9)2(5)10-3(6,7)8/h2H. The van der Waals surface area contributed by atoms with E-state index in [1.807, 2.05) is 0 Å². The summed E-state index contributed by atoms with van der Waals surface area (Å²) in [5.41, 5.74) is 0. The van der Waals surface area contributed by atoms with Crippen LogP contribution >= 0.6 is 0 Å². The van der Waals surface area contributed by atoms with E-state index >= 15 is 0 Å². The summed E-state index contributed by atoms with van der Waals surface area (Å²) in [7, 11) is 0. The Morgan fingerprint density at radius 3 is 1.90 bits per heavy atom. The van der Waals surface area contributed by atoms with Crippen LogP contribution in [-0.2, 0) is 9.53 Å². The molecule has 0 amide bonds. The third kappa shape index (κ3) is 4.19. The van der Waals surface area contributed by atoms with Crippen molar-refractivity contribution in [3.63, 3.8) is 0 Å². The lowest BCUT2D eigenvalue weighted by molar-refractivity contribution is -0.354. The molecule has 0 aliphatic rings. The van der Waals surface area contributed by atoms with Crippen molar-refractivity contribution >= 4 is 6.04 Å². The van der Waals surface area contributed by atoms with Gasteiger partial charge in [-0.3, -0.25) is 4.79 Å². The van der Waals surface area contributed by atoms with Crippen molar-refractivity contribution in [3.05, 3.63) is 0 Å². The van der Waals surface area contributed by atoms with E-state index in [1.165, 1.54) is 0 Å². The van der Waals surface area contributed by atoms with Gasteiger partial charge in [0.05, 0.1) is 0 Å². The first kappa shape index (κ1) is 9.28. The molecule has 0 heterocycles. The molecule has 0 aromatic rings. The fourth-order valence-corrected chi connectivity index (χ4v) is 0.164. The first-order valence-corrected chi connectivity index (χ1v) is 1.91. The van der Waals surface area contributed by atoms with Gasteiger partial charge in [0.25, 0.3) is 6.36 Å². The molecule has 10 heavy (non-hydrogen) atoms. The average molecular weight is 164 g/mol. The van der Waals surface area contributed by atoms with Crippen molar-refractivity contribution in [1.82, 2.24) is 0 Å². The van der Waals surface area contributed by atoms with Crippen LogP contribution in [0.1, 0.15) is 0 Å². The highest BCUT2D eigenvalue weighted by molar-refractivity contribution is 5.71. The van der Waals surface area contributed by atoms with Crippen LogP contribution in [0.5, 0.6) is 0 Å². The Bertz CT molecular complexity index is 129. The summed E-state index contributed by atoms with van der Waals surface area (Å²) in [6.07, 6.45) is -8.90. The second-order valence-corrected chi connectivity index (χ2v) is 1.18. The highest BCUT2D eigenvalue weighted by atomic mass is 19.4. The molecule has 0 N–H and O–H groups in total. The number of alkyl halides is 4. The van der Waals surface area contributed by atoms with E-state index in [0.29, 0.717) is 0 Å². The zero-order valence-corrected chi connectivity index (χ0v) is 4.28. The zero-order chi connectivity index (χ0) is 8.36. The van der Waals surface area contributed by atoms with Gasteiger partial charge >= 0.3 is 12.4 Å². The second kappa shape index (κ2) is 2.91. The van der Waals surface area contributed by atoms with Crippen LogP contribution in [-0.4, -0.2) is 18.8 Å². The van der Waals surface area contributed by atoms with Crippen molar-refractivity contribution in [2.45, 2.75) is 12.7 Å². The van der Waals surface area contributed by atoms with Crippen molar-refractivity contribution in [2.75, 3.05) is 0 Å². The zero-order valence-electron chi connectivity index (χ0n) is 4.28. The van der Waals surface area contributed by atoms with Crippen molar-refractivity contribution in [2.24, 2.45) is 0 Å². The van der Waals surface area contributed by atoms with E-state index in [4.69, 9.17) is 4.79 Å². The van der Waals surface area contributed by atoms with Crippen LogP contribution in [0, 0.1) is 0 Å². The topological polar surface area (TPSA) is 26.3 Å². The van der Waals surface area contributed by atoms with Crippen molar-refractivity contribution in [1.29, 1.82) is 0 Å². The third-order valence-corrected chi connectivity index (χ3v) is 0.416. The normalized spacial score (nSPS) is 14.9. The maximum atomic E-state index is 11.4. The molecule has 0 rings (SSSR count). The summed E-state index contributed by atoms with van der Waals surface area (Å²) < 4.78 is 57.3. The number of hydrogen-bond acceptors (Lipinski definition) is 2. The molecule has 2 nitrogen and oxygen atoms in total. The van der Waals surface area contributed by atoms with E-state index in [-0.39, 0.29) is 0 Å². The van der Waals surface area contributed by atoms with Gasteiger partial charge in [-0.15, -0.1) is 13.2 Å². The molecular formula is C3HF5O2. The molecule has 1 unspecified atom stereocenters. The summed E-state index contributed by atoms with van der Waals surface area (Å²) in [6.45, 7) is 0. The van der Waals surface area contributed by atoms with Crippen LogP contribution in [0.15, 0.2) is 0 Å². The van der Waals surface area contributed by atoms with Gasteiger partial charge in [0.15, 0.2) is 0 Å². The van der Waals surface area contributed by atoms with Gasteiger partial charge in [0.1, 0.15) is 0 Å². The minimum absolute atomic E-state index is 2.31. The predicted octanol–water partition coefficient (Wildman–Crippen LogP) is 1.31. The van der Waals surface area contributed by atoms with Gasteiger partial charge in [-0.1, -0.05) is 0 Å². The molecule has 0 saturated carbocycles. The number of carbonyl (C=O) groups excluding carboxylic acids is 1. The van der Waals surface area contributed by atoms with E-state index in [0.717, 1.165) is 0 Å². The van der Waals surface area contributed by atoms with Gasteiger partial charge in [-0.05, 0) is 0 Å². The number of halogens is 5. The molecule has 0 fully saturated rings. The molecule has 0 spiro atoms. The first-order valence-electron chi connectivity index (χ1n) is 1.91. The SMILES string of the molecule is O=C(F)C(F)OC(F)(F)F. The summed E-state index contributed by atoms with van der Waals surface area (Å²) in [6, 6.07) is -2.81. The quantitative estimate of drug-likeness (QED) is 0.454. The lowest BCUT2D eigenvalue weighted by Gasteiger charge is -2.06. The van der Waals surface area contributed by atoms with Crippen LogP contribution in [0.2, 0.25) is 0 Å². The Morgan fingerprint density at radius 1 is 1.40 bits per heavy atom. The number of hydrogen-bond donors (Lipinski definition) is 0. The van der Waals surface area contributed by atoms with Crippen LogP contribution < -0.4 is 0 Å². The second-order valence-electron chi connectivity index (χ2n) is 1.18. The van der Waals surface area contributed by atoms with Gasteiger partial charge in [0, 0.05) is 0 Å². The Hall–Kier alpha value is -0.720. The first-order chi connectivity index (χ1) is 4.33. The highest BCUT2D eigenvalue weighted by Gasteiger charge is 2.36. The largest absolute Gasteiger partial charge is 0.525 e. The fourth-order valence-electron chi connectivity index (χ4n) is 0.164. The molecule has 0 saturated heterocycles. The fraction of sp³-hybridized carbons (Fsp3) is 0.667. The lowest BCUT2D eigenvalue weighted by atomic mass is 10.7. The summed E-state index contributed by atoms with van der Waals surface area (Å²) in [4.78, 5) is 9.15. The molecule has 0 aliphatic carbocycles. The van der Waals surface area contributed by atoms with Crippen LogP contribution in [0.25, 0.3) is 0 Å². The summed E-state index contributed by atoms with van der Waals surface area (Å²) >= 11 is 0. The molecule has 0 bridgehead atoms. The Morgan fingerprint density at radius 2 is 1.80 bits per heavy atom. The van der Waals surface area contributed by atoms with E-state index in [9.17, 15) is 22.0 Å². The van der Waals surface area contributed by atoms with E-state index in [2.05, 4.69) is 4.74 Å². The molecule has 0 radical (unpaired) electrons. The molecule has 7 heteroatoms. The van der Waals surface area contributed by atoms with Crippen molar-refractivity contribution < 1.29 is 31.5 Å². The lowest BCUT2D eigenvalue weighted by Crippen LogP contribution is -2.24. The van der Waals surface area contributed by atoms with Gasteiger partial charge in [-0.2, -0.15) is 4.39 Å². The van der Waals surface area contributed by atoms with Crippen LogP contribution in [0.3, 0.4) is 0 Å². The van der Waals surface area contributed by atoms with Crippen LogP contribution in [0.4, 0.5) is 22.0 Å². The molecule has 60 valence electrons. The van der Waals surface area contributed by atoms with E-state index < -0.39 is 18.8 Å².